The summed E-state index contributed by atoms with van der Waals surface area (Å²) in [6.07, 6.45) is -0.496. The molecule has 0 saturated heterocycles. The van der Waals surface area contributed by atoms with Gasteiger partial charge in [-0.05, 0) is 35.0 Å². The summed E-state index contributed by atoms with van der Waals surface area (Å²) in [6, 6.07) is 19.5. The summed E-state index contributed by atoms with van der Waals surface area (Å²) in [4.78, 5) is 0. The van der Waals surface area contributed by atoms with Crippen LogP contribution in [0.5, 0.6) is 0 Å². The van der Waals surface area contributed by atoms with Crippen molar-refractivity contribution in [2.75, 3.05) is 5.75 Å². The van der Waals surface area contributed by atoms with E-state index in [2.05, 4.69) is 15.5 Å². The normalized spacial score (nSPS) is 13.7. The lowest BCUT2D eigenvalue weighted by Gasteiger charge is -2.15. The molecule has 0 radical (unpaired) electrons. The van der Waals surface area contributed by atoms with Gasteiger partial charge in [-0.1, -0.05) is 48.5 Å². The number of thioether (sulfide) groups is 1. The van der Waals surface area contributed by atoms with Crippen LogP contribution < -0.4 is 0 Å². The molecule has 0 spiro atoms. The molecule has 1 N–H and O–H groups in total. The summed E-state index contributed by atoms with van der Waals surface area (Å²) in [6.45, 7) is 2.05. The maximum atomic E-state index is 10.3. The number of para-hydroxylation sites is 1. The van der Waals surface area contributed by atoms with E-state index in [-0.39, 0.29) is 5.25 Å². The second-order valence-electron chi connectivity index (χ2n) is 5.19. The van der Waals surface area contributed by atoms with E-state index in [0.29, 0.717) is 5.75 Å². The molecule has 1 heterocycles. The molecule has 0 aliphatic rings. The minimum Gasteiger partial charge on any atom is -0.388 e. The van der Waals surface area contributed by atoms with E-state index in [0.717, 1.165) is 17.1 Å². The van der Waals surface area contributed by atoms with E-state index < -0.39 is 6.10 Å². The highest BCUT2D eigenvalue weighted by Crippen LogP contribution is 2.31. The first kappa shape index (κ1) is 15.7. The Bertz CT molecular complexity index is 733. The highest BCUT2D eigenvalue weighted by Gasteiger charge is 2.18. The molecule has 5 nitrogen and oxygen atoms in total. The number of aliphatic hydroxyl groups excluding tert-OH is 1. The molecule has 2 aromatic carbocycles. The average Bonchev–Trinajstić information content (AvgIpc) is 3.11. The second kappa shape index (κ2) is 7.39. The third kappa shape index (κ3) is 3.78. The van der Waals surface area contributed by atoms with Crippen molar-refractivity contribution in [1.82, 2.24) is 20.2 Å². The van der Waals surface area contributed by atoms with Crippen LogP contribution >= 0.6 is 11.8 Å². The molecule has 6 heteroatoms. The molecule has 0 unspecified atom stereocenters. The zero-order valence-electron chi connectivity index (χ0n) is 12.8. The smallest absolute Gasteiger partial charge is 0.169 e. The van der Waals surface area contributed by atoms with Gasteiger partial charge in [0.2, 0.25) is 0 Å². The summed E-state index contributed by atoms with van der Waals surface area (Å²) >= 11 is 1.63. The number of nitrogens with zero attached hydrogens (tertiary/aromatic N) is 4. The summed E-state index contributed by atoms with van der Waals surface area (Å²) in [5, 5.41) is 22.4. The van der Waals surface area contributed by atoms with E-state index in [4.69, 9.17) is 0 Å². The van der Waals surface area contributed by atoms with Crippen molar-refractivity contribution in [3.8, 4) is 5.69 Å². The van der Waals surface area contributed by atoms with Crippen molar-refractivity contribution in [3.63, 3.8) is 0 Å². The van der Waals surface area contributed by atoms with Gasteiger partial charge in [-0.15, -0.1) is 16.9 Å². The first-order valence-electron chi connectivity index (χ1n) is 7.44. The van der Waals surface area contributed by atoms with Gasteiger partial charge in [-0.3, -0.25) is 0 Å². The van der Waals surface area contributed by atoms with Crippen LogP contribution in [0.1, 0.15) is 29.7 Å². The number of aliphatic hydroxyl groups is 1. The van der Waals surface area contributed by atoms with Crippen LogP contribution in [0, 0.1) is 0 Å². The Morgan fingerprint density at radius 2 is 1.70 bits per heavy atom. The molecule has 0 bridgehead atoms. The SMILES string of the molecule is C[C@@H](SC[C@@H](O)c1ccccc1)c1nnnn1-c1ccccc1. The van der Waals surface area contributed by atoms with E-state index in [1.165, 1.54) is 0 Å². The minimum absolute atomic E-state index is 0.0727. The number of benzene rings is 2. The van der Waals surface area contributed by atoms with Gasteiger partial charge in [0.05, 0.1) is 17.0 Å². The zero-order valence-corrected chi connectivity index (χ0v) is 13.6. The fourth-order valence-corrected chi connectivity index (χ4v) is 3.24. The van der Waals surface area contributed by atoms with Crippen LogP contribution in [-0.2, 0) is 0 Å². The monoisotopic (exact) mass is 326 g/mol. The van der Waals surface area contributed by atoms with Crippen molar-refractivity contribution >= 4 is 11.8 Å². The van der Waals surface area contributed by atoms with E-state index >= 15 is 0 Å². The van der Waals surface area contributed by atoms with Crippen LogP contribution in [0.15, 0.2) is 60.7 Å². The van der Waals surface area contributed by atoms with E-state index in [9.17, 15) is 5.11 Å². The third-order valence-corrected chi connectivity index (χ3v) is 4.77. The Balaban J connectivity index is 1.68. The van der Waals surface area contributed by atoms with Crippen LogP contribution in [-0.4, -0.2) is 31.1 Å². The Hall–Kier alpha value is -2.18. The van der Waals surface area contributed by atoms with Crippen LogP contribution in [0.2, 0.25) is 0 Å². The number of hydrogen-bond donors (Lipinski definition) is 1. The average molecular weight is 326 g/mol. The van der Waals surface area contributed by atoms with Gasteiger partial charge in [0, 0.05) is 5.75 Å². The Kier molecular flexibility index (Phi) is 5.05. The van der Waals surface area contributed by atoms with Gasteiger partial charge < -0.3 is 5.11 Å². The first-order chi connectivity index (χ1) is 11.3. The van der Waals surface area contributed by atoms with Gasteiger partial charge in [0.1, 0.15) is 0 Å². The maximum Gasteiger partial charge on any atom is 0.169 e. The molecule has 2 atom stereocenters. The molecule has 1 aromatic heterocycles. The Morgan fingerprint density at radius 1 is 1.04 bits per heavy atom. The molecule has 0 aliphatic carbocycles. The fraction of sp³-hybridized carbons (Fsp3) is 0.235. The Labute approximate surface area is 139 Å². The van der Waals surface area contributed by atoms with Crippen molar-refractivity contribution in [3.05, 3.63) is 72.1 Å². The molecular weight excluding hydrogens is 308 g/mol. The third-order valence-electron chi connectivity index (χ3n) is 3.55. The topological polar surface area (TPSA) is 63.8 Å². The van der Waals surface area contributed by atoms with Gasteiger partial charge in [0.25, 0.3) is 0 Å². The molecule has 3 aromatic rings. The van der Waals surface area contributed by atoms with Crippen molar-refractivity contribution in [1.29, 1.82) is 0 Å². The minimum atomic E-state index is -0.496. The van der Waals surface area contributed by atoms with Gasteiger partial charge in [-0.2, -0.15) is 4.68 Å². The number of tetrazole rings is 1. The number of rotatable bonds is 6. The summed E-state index contributed by atoms with van der Waals surface area (Å²) < 4.78 is 1.74. The van der Waals surface area contributed by atoms with Crippen molar-refractivity contribution in [2.24, 2.45) is 0 Å². The molecule has 0 amide bonds. The molecule has 118 valence electrons. The van der Waals surface area contributed by atoms with Gasteiger partial charge >= 0.3 is 0 Å². The quantitative estimate of drug-likeness (QED) is 0.753. The maximum absolute atomic E-state index is 10.3. The lowest BCUT2D eigenvalue weighted by Crippen LogP contribution is -2.07. The van der Waals surface area contributed by atoms with E-state index in [1.54, 1.807) is 16.4 Å². The number of hydrogen-bond acceptors (Lipinski definition) is 5. The van der Waals surface area contributed by atoms with Crippen LogP contribution in [0.3, 0.4) is 0 Å². The molecule has 3 rings (SSSR count). The summed E-state index contributed by atoms with van der Waals surface area (Å²) in [7, 11) is 0. The fourth-order valence-electron chi connectivity index (χ4n) is 2.28. The standard InChI is InChI=1S/C17H18N4OS/c1-13(23-12-16(22)14-8-4-2-5-9-14)17-18-19-20-21(17)15-10-6-3-7-11-15/h2-11,13,16,22H,12H2,1H3/t13-,16-/m1/s1. The lowest BCUT2D eigenvalue weighted by molar-refractivity contribution is 0.204. The molecule has 0 aliphatic heterocycles. The van der Waals surface area contributed by atoms with Gasteiger partial charge in [0.15, 0.2) is 5.82 Å². The van der Waals surface area contributed by atoms with Crippen molar-refractivity contribution in [2.45, 2.75) is 18.3 Å². The number of aromatic nitrogens is 4. The second-order valence-corrected chi connectivity index (χ2v) is 6.56. The summed E-state index contributed by atoms with van der Waals surface area (Å²) in [5.74, 6) is 1.37. The predicted octanol–water partition coefficient (Wildman–Crippen LogP) is 3.19. The molecule has 0 fully saturated rings. The molecule has 23 heavy (non-hydrogen) atoms. The van der Waals surface area contributed by atoms with E-state index in [1.807, 2.05) is 67.6 Å². The van der Waals surface area contributed by atoms with Crippen LogP contribution in [0.25, 0.3) is 5.69 Å². The largest absolute Gasteiger partial charge is 0.388 e. The van der Waals surface area contributed by atoms with Crippen molar-refractivity contribution < 1.29 is 5.11 Å². The zero-order chi connectivity index (χ0) is 16.1. The molecular formula is C17H18N4OS. The summed E-state index contributed by atoms with van der Waals surface area (Å²) in [5.41, 5.74) is 1.86. The highest BCUT2D eigenvalue weighted by atomic mass is 32.2. The lowest BCUT2D eigenvalue weighted by atomic mass is 10.1. The predicted molar refractivity (Wildman–Crippen MR) is 91.4 cm³/mol. The first-order valence-corrected chi connectivity index (χ1v) is 8.49. The van der Waals surface area contributed by atoms with Crippen LogP contribution in [0.4, 0.5) is 0 Å². The highest BCUT2D eigenvalue weighted by molar-refractivity contribution is 7.99. The van der Waals surface area contributed by atoms with Gasteiger partial charge in [-0.25, -0.2) is 0 Å². The Morgan fingerprint density at radius 3 is 2.39 bits per heavy atom. The molecule has 0 saturated carbocycles.